The van der Waals surface area contributed by atoms with Gasteiger partial charge in [0.15, 0.2) is 0 Å². The molecule has 4 rings (SSSR count). The number of carbonyl (C=O) groups is 1. The van der Waals surface area contributed by atoms with Crippen molar-refractivity contribution in [3.8, 4) is 0 Å². The second kappa shape index (κ2) is 9.15. The van der Waals surface area contributed by atoms with Crippen LogP contribution in [0.1, 0.15) is 48.8 Å². The van der Waals surface area contributed by atoms with Crippen LogP contribution in [0.2, 0.25) is 0 Å². The number of para-hydroxylation sites is 1. The molecule has 6 nitrogen and oxygen atoms in total. The van der Waals surface area contributed by atoms with Gasteiger partial charge in [0.05, 0.1) is 5.52 Å². The molecule has 0 bridgehead atoms. The largest absolute Gasteiger partial charge is 0.362 e. The highest BCUT2D eigenvalue weighted by molar-refractivity contribution is 5.92. The first-order chi connectivity index (χ1) is 15.4. The molecule has 1 aliphatic rings. The zero-order valence-corrected chi connectivity index (χ0v) is 19.5. The molecule has 0 spiro atoms. The Hall–Kier alpha value is -3.15. The van der Waals surface area contributed by atoms with E-state index in [0.29, 0.717) is 12.5 Å². The highest BCUT2D eigenvalue weighted by atomic mass is 16.2. The summed E-state index contributed by atoms with van der Waals surface area (Å²) < 4.78 is 0. The lowest BCUT2D eigenvalue weighted by atomic mass is 9.81. The lowest BCUT2D eigenvalue weighted by Gasteiger charge is -2.37. The fraction of sp³-hybridized carbons (Fsp3) is 0.423. The lowest BCUT2D eigenvalue weighted by molar-refractivity contribution is -0.126. The van der Waals surface area contributed by atoms with Gasteiger partial charge >= 0.3 is 0 Å². The van der Waals surface area contributed by atoms with Gasteiger partial charge in [-0.1, -0.05) is 49.6 Å². The summed E-state index contributed by atoms with van der Waals surface area (Å²) >= 11 is 0. The first kappa shape index (κ1) is 22.1. The van der Waals surface area contributed by atoms with E-state index in [1.807, 2.05) is 49.3 Å². The van der Waals surface area contributed by atoms with Crippen molar-refractivity contribution in [1.29, 1.82) is 0 Å². The predicted octanol–water partition coefficient (Wildman–Crippen LogP) is 4.74. The Labute approximate surface area is 190 Å². The summed E-state index contributed by atoms with van der Waals surface area (Å²) in [5, 5.41) is 7.69. The fourth-order valence-electron chi connectivity index (χ4n) is 4.58. The standard InChI is InChI=1S/C26H33N5O/c1-18-11-10-12-20(19(18)2)17-27-24(32)26(15-8-5-9-16-26)30-25-28-22-14-7-6-13-21(22)23(29-25)31(3)4/h6-7,10-14H,5,8-9,15-17H2,1-4H3,(H,27,32)(H,28,29,30). The summed E-state index contributed by atoms with van der Waals surface area (Å²) in [7, 11) is 3.96. The van der Waals surface area contributed by atoms with Gasteiger partial charge in [0.1, 0.15) is 11.4 Å². The van der Waals surface area contributed by atoms with Crippen LogP contribution in [0, 0.1) is 13.8 Å². The number of amides is 1. The minimum Gasteiger partial charge on any atom is -0.362 e. The second-order valence-corrected chi connectivity index (χ2v) is 9.09. The molecule has 168 valence electrons. The Morgan fingerprint density at radius 2 is 1.75 bits per heavy atom. The number of aryl methyl sites for hydroxylation is 1. The Bertz CT molecular complexity index is 1120. The summed E-state index contributed by atoms with van der Waals surface area (Å²) in [6.07, 6.45) is 4.73. The average molecular weight is 432 g/mol. The van der Waals surface area contributed by atoms with Gasteiger partial charge < -0.3 is 15.5 Å². The molecule has 0 unspecified atom stereocenters. The van der Waals surface area contributed by atoms with Crippen LogP contribution < -0.4 is 15.5 Å². The minimum atomic E-state index is -0.692. The van der Waals surface area contributed by atoms with Gasteiger partial charge in [-0.3, -0.25) is 4.79 Å². The van der Waals surface area contributed by atoms with Crippen LogP contribution in [0.3, 0.4) is 0 Å². The molecular formula is C26H33N5O. The lowest BCUT2D eigenvalue weighted by Crippen LogP contribution is -2.53. The van der Waals surface area contributed by atoms with E-state index in [4.69, 9.17) is 9.97 Å². The Kier molecular flexibility index (Phi) is 6.31. The van der Waals surface area contributed by atoms with Crippen molar-refractivity contribution in [2.45, 2.75) is 58.0 Å². The van der Waals surface area contributed by atoms with Gasteiger partial charge in [0.25, 0.3) is 0 Å². The maximum Gasteiger partial charge on any atom is 0.246 e. The van der Waals surface area contributed by atoms with Gasteiger partial charge in [-0.25, -0.2) is 4.98 Å². The van der Waals surface area contributed by atoms with E-state index < -0.39 is 5.54 Å². The van der Waals surface area contributed by atoms with Crippen LogP contribution >= 0.6 is 0 Å². The molecule has 0 atom stereocenters. The van der Waals surface area contributed by atoms with Gasteiger partial charge in [-0.15, -0.1) is 0 Å². The van der Waals surface area contributed by atoms with Crippen molar-refractivity contribution in [3.05, 3.63) is 59.2 Å². The monoisotopic (exact) mass is 431 g/mol. The number of nitrogens with one attached hydrogen (secondary N) is 2. The first-order valence-corrected chi connectivity index (χ1v) is 11.5. The van der Waals surface area contributed by atoms with Crippen LogP contribution in [0.15, 0.2) is 42.5 Å². The topological polar surface area (TPSA) is 70.2 Å². The quantitative estimate of drug-likeness (QED) is 0.590. The molecule has 0 saturated heterocycles. The van der Waals surface area contributed by atoms with Gasteiger partial charge in [0.2, 0.25) is 11.9 Å². The van der Waals surface area contributed by atoms with Gasteiger partial charge in [0, 0.05) is 26.0 Å². The molecule has 0 radical (unpaired) electrons. The molecule has 32 heavy (non-hydrogen) atoms. The van der Waals surface area contributed by atoms with Crippen molar-refractivity contribution in [1.82, 2.24) is 15.3 Å². The molecule has 0 aliphatic heterocycles. The van der Waals surface area contributed by atoms with Crippen LogP contribution in [-0.4, -0.2) is 35.5 Å². The Morgan fingerprint density at radius 1 is 1.00 bits per heavy atom. The zero-order chi connectivity index (χ0) is 22.7. The number of nitrogens with zero attached hydrogens (tertiary/aromatic N) is 3. The summed E-state index contributed by atoms with van der Waals surface area (Å²) in [6.45, 7) is 4.73. The molecule has 1 aromatic heterocycles. The summed E-state index contributed by atoms with van der Waals surface area (Å²) in [6, 6.07) is 14.2. The number of rotatable bonds is 6. The molecule has 6 heteroatoms. The maximum atomic E-state index is 13.5. The van der Waals surface area contributed by atoms with E-state index >= 15 is 0 Å². The number of hydrogen-bond acceptors (Lipinski definition) is 5. The highest BCUT2D eigenvalue weighted by Crippen LogP contribution is 2.33. The number of aromatic nitrogens is 2. The van der Waals surface area contributed by atoms with Gasteiger partial charge in [-0.05, 0) is 55.5 Å². The molecule has 3 aromatic rings. The molecule has 1 aliphatic carbocycles. The van der Waals surface area contributed by atoms with Crippen LogP contribution in [0.4, 0.5) is 11.8 Å². The Morgan fingerprint density at radius 3 is 2.50 bits per heavy atom. The van der Waals surface area contributed by atoms with E-state index in [9.17, 15) is 4.79 Å². The number of fused-ring (bicyclic) bond motifs is 1. The second-order valence-electron chi connectivity index (χ2n) is 9.09. The zero-order valence-electron chi connectivity index (χ0n) is 19.5. The first-order valence-electron chi connectivity index (χ1n) is 11.5. The molecule has 1 saturated carbocycles. The van der Waals surface area contributed by atoms with Crippen molar-refractivity contribution in [3.63, 3.8) is 0 Å². The third-order valence-corrected chi connectivity index (χ3v) is 6.66. The number of hydrogen-bond donors (Lipinski definition) is 2. The molecule has 2 N–H and O–H groups in total. The van der Waals surface area contributed by atoms with Crippen LogP contribution in [0.25, 0.3) is 10.9 Å². The van der Waals surface area contributed by atoms with Crippen molar-refractivity contribution < 1.29 is 4.79 Å². The van der Waals surface area contributed by atoms with E-state index in [1.54, 1.807) is 0 Å². The smallest absolute Gasteiger partial charge is 0.246 e. The van der Waals surface area contributed by atoms with E-state index in [0.717, 1.165) is 54.4 Å². The summed E-state index contributed by atoms with van der Waals surface area (Å²) in [5.41, 5.74) is 3.80. The van der Waals surface area contributed by atoms with Crippen molar-refractivity contribution in [2.75, 3.05) is 24.3 Å². The van der Waals surface area contributed by atoms with E-state index in [1.165, 1.54) is 11.1 Å². The summed E-state index contributed by atoms with van der Waals surface area (Å²) in [4.78, 5) is 25.1. The number of benzene rings is 2. The SMILES string of the molecule is Cc1cccc(CNC(=O)C2(Nc3nc(N(C)C)c4ccccc4n3)CCCCC2)c1C. The normalized spacial score (nSPS) is 15.4. The number of anilines is 2. The van der Waals surface area contributed by atoms with Crippen molar-refractivity contribution >= 4 is 28.6 Å². The van der Waals surface area contributed by atoms with Gasteiger partial charge in [-0.2, -0.15) is 4.98 Å². The highest BCUT2D eigenvalue weighted by Gasteiger charge is 2.40. The third kappa shape index (κ3) is 4.40. The molecular weight excluding hydrogens is 398 g/mol. The fourth-order valence-corrected chi connectivity index (χ4v) is 4.58. The molecule has 1 fully saturated rings. The molecule has 1 amide bonds. The molecule has 1 heterocycles. The third-order valence-electron chi connectivity index (χ3n) is 6.66. The minimum absolute atomic E-state index is 0.0290. The predicted molar refractivity (Wildman–Crippen MR) is 131 cm³/mol. The average Bonchev–Trinajstić information content (AvgIpc) is 2.79. The van der Waals surface area contributed by atoms with Crippen molar-refractivity contribution in [2.24, 2.45) is 0 Å². The van der Waals surface area contributed by atoms with Crippen LogP contribution in [0.5, 0.6) is 0 Å². The van der Waals surface area contributed by atoms with E-state index in [2.05, 4.69) is 36.6 Å². The number of carbonyl (C=O) groups excluding carboxylic acids is 1. The maximum absolute atomic E-state index is 13.5. The Balaban J connectivity index is 1.62. The van der Waals surface area contributed by atoms with E-state index in [-0.39, 0.29) is 5.91 Å². The summed E-state index contributed by atoms with van der Waals surface area (Å²) in [5.74, 6) is 1.39. The molecule has 2 aromatic carbocycles. The van der Waals surface area contributed by atoms with Crippen LogP contribution in [-0.2, 0) is 11.3 Å².